The Balaban J connectivity index is 1.79. The maximum Gasteiger partial charge on any atom is 0.242 e. The second kappa shape index (κ2) is 7.93. The summed E-state index contributed by atoms with van der Waals surface area (Å²) in [5.74, 6) is 1.92. The van der Waals surface area contributed by atoms with E-state index in [1.165, 1.54) is 10.6 Å². The van der Waals surface area contributed by atoms with Crippen LogP contribution in [-0.2, 0) is 23.1 Å². The van der Waals surface area contributed by atoms with E-state index >= 15 is 0 Å². The molecule has 0 aliphatic rings. The fraction of sp³-hybridized carbons (Fsp3) is 0.333. The summed E-state index contributed by atoms with van der Waals surface area (Å²) in [6, 6.07) is 9.00. The molecule has 0 bridgehead atoms. The molecule has 144 valence electrons. The van der Waals surface area contributed by atoms with Gasteiger partial charge in [0.05, 0.1) is 32.2 Å². The van der Waals surface area contributed by atoms with Crippen molar-refractivity contribution < 1.29 is 22.1 Å². The Morgan fingerprint density at radius 2 is 2.04 bits per heavy atom. The summed E-state index contributed by atoms with van der Waals surface area (Å²) in [4.78, 5) is 4.32. The summed E-state index contributed by atoms with van der Waals surface area (Å²) in [5.41, 5.74) is 1.72. The molecule has 0 radical (unpaired) electrons. The largest absolute Gasteiger partial charge is 0.494 e. The lowest BCUT2D eigenvalue weighted by Crippen LogP contribution is -2.29. The molecule has 0 saturated carbocycles. The van der Waals surface area contributed by atoms with E-state index in [2.05, 4.69) is 10.1 Å². The molecule has 1 aromatic carbocycles. The Bertz CT molecular complexity index is 996. The number of nitrogens with zero attached hydrogens (tertiary/aromatic N) is 3. The molecule has 0 aliphatic heterocycles. The molecule has 0 N–H and O–H groups in total. The third kappa shape index (κ3) is 4.75. The van der Waals surface area contributed by atoms with Crippen molar-refractivity contribution in [2.24, 2.45) is 0 Å². The Kier molecular flexibility index (Phi) is 5.62. The molecule has 0 fully saturated rings. The van der Waals surface area contributed by atoms with Crippen LogP contribution in [0.3, 0.4) is 0 Å². The summed E-state index contributed by atoms with van der Waals surface area (Å²) in [6.07, 6.45) is 2.62. The topological polar surface area (TPSA) is 98.7 Å². The van der Waals surface area contributed by atoms with Crippen molar-refractivity contribution in [3.05, 3.63) is 53.8 Å². The molecule has 0 atom stereocenters. The second-order valence-corrected chi connectivity index (χ2v) is 8.02. The van der Waals surface area contributed by atoms with E-state index in [1.54, 1.807) is 12.1 Å². The van der Waals surface area contributed by atoms with Crippen molar-refractivity contribution in [3.8, 4) is 17.1 Å². The Hall–Kier alpha value is -2.65. The van der Waals surface area contributed by atoms with Crippen LogP contribution >= 0.6 is 0 Å². The molecule has 2 aromatic heterocycles. The SMILES string of the molecule is CCOc1ccc(-c2noc(CN(Cc3ccco3)S(C)(=O)=O)n2)cc1C. The van der Waals surface area contributed by atoms with Gasteiger partial charge in [0.15, 0.2) is 0 Å². The van der Waals surface area contributed by atoms with E-state index in [9.17, 15) is 8.42 Å². The fourth-order valence-electron chi connectivity index (χ4n) is 2.56. The van der Waals surface area contributed by atoms with E-state index in [1.807, 2.05) is 32.0 Å². The molecule has 0 aliphatic carbocycles. The number of sulfonamides is 1. The molecule has 2 heterocycles. The first-order valence-corrected chi connectivity index (χ1v) is 10.3. The van der Waals surface area contributed by atoms with Gasteiger partial charge in [-0.2, -0.15) is 9.29 Å². The quantitative estimate of drug-likeness (QED) is 0.582. The van der Waals surface area contributed by atoms with E-state index in [0.717, 1.165) is 23.1 Å². The van der Waals surface area contributed by atoms with Gasteiger partial charge in [0, 0.05) is 5.56 Å². The molecular formula is C18H21N3O5S. The maximum absolute atomic E-state index is 12.1. The molecule has 3 rings (SSSR count). The number of rotatable bonds is 8. The third-order valence-corrected chi connectivity index (χ3v) is 5.09. The van der Waals surface area contributed by atoms with Crippen molar-refractivity contribution in [1.82, 2.24) is 14.4 Å². The number of ether oxygens (including phenoxy) is 1. The first-order chi connectivity index (χ1) is 12.9. The second-order valence-electron chi connectivity index (χ2n) is 6.04. The Morgan fingerprint density at radius 3 is 2.67 bits per heavy atom. The Morgan fingerprint density at radius 1 is 1.22 bits per heavy atom. The van der Waals surface area contributed by atoms with Gasteiger partial charge in [-0.15, -0.1) is 0 Å². The molecule has 9 heteroatoms. The molecule has 3 aromatic rings. The van der Waals surface area contributed by atoms with Crippen LogP contribution in [0.15, 0.2) is 45.5 Å². The van der Waals surface area contributed by atoms with Crippen LogP contribution < -0.4 is 4.74 Å². The van der Waals surface area contributed by atoms with Crippen molar-refractivity contribution >= 4 is 10.0 Å². The van der Waals surface area contributed by atoms with Gasteiger partial charge in [0.1, 0.15) is 11.5 Å². The summed E-state index contributed by atoms with van der Waals surface area (Å²) < 4.78 is 41.4. The van der Waals surface area contributed by atoms with E-state index in [4.69, 9.17) is 13.7 Å². The zero-order chi connectivity index (χ0) is 19.4. The number of hydrogen-bond acceptors (Lipinski definition) is 7. The minimum Gasteiger partial charge on any atom is -0.494 e. The summed E-state index contributed by atoms with van der Waals surface area (Å²) in [6.45, 7) is 4.50. The zero-order valence-electron chi connectivity index (χ0n) is 15.4. The van der Waals surface area contributed by atoms with Crippen LogP contribution in [-0.4, -0.2) is 35.7 Å². The van der Waals surface area contributed by atoms with Gasteiger partial charge in [-0.05, 0) is 49.7 Å². The van der Waals surface area contributed by atoms with Crippen LogP contribution in [0.25, 0.3) is 11.4 Å². The van der Waals surface area contributed by atoms with Crippen molar-refractivity contribution in [3.63, 3.8) is 0 Å². The molecule has 27 heavy (non-hydrogen) atoms. The Labute approximate surface area is 157 Å². The van der Waals surface area contributed by atoms with Gasteiger partial charge < -0.3 is 13.7 Å². The van der Waals surface area contributed by atoms with E-state index in [0.29, 0.717) is 18.2 Å². The van der Waals surface area contributed by atoms with Gasteiger partial charge in [-0.1, -0.05) is 5.16 Å². The average molecular weight is 391 g/mol. The highest BCUT2D eigenvalue weighted by Gasteiger charge is 2.22. The van der Waals surface area contributed by atoms with Crippen LogP contribution in [0.4, 0.5) is 0 Å². The van der Waals surface area contributed by atoms with Crippen molar-refractivity contribution in [2.45, 2.75) is 26.9 Å². The molecule has 0 unspecified atom stereocenters. The first kappa shape index (κ1) is 19.1. The maximum atomic E-state index is 12.1. The van der Waals surface area contributed by atoms with Gasteiger partial charge in [0.25, 0.3) is 0 Å². The minimum atomic E-state index is -3.48. The third-order valence-electron chi connectivity index (χ3n) is 3.89. The van der Waals surface area contributed by atoms with E-state index in [-0.39, 0.29) is 19.0 Å². The predicted octanol–water partition coefficient (Wildman–Crippen LogP) is 3.00. The number of furan rings is 1. The van der Waals surface area contributed by atoms with Gasteiger partial charge in [-0.3, -0.25) is 0 Å². The predicted molar refractivity (Wildman–Crippen MR) is 98.4 cm³/mol. The molecule has 0 saturated heterocycles. The van der Waals surface area contributed by atoms with Crippen LogP contribution in [0.5, 0.6) is 5.75 Å². The van der Waals surface area contributed by atoms with Crippen LogP contribution in [0.2, 0.25) is 0 Å². The summed E-state index contributed by atoms with van der Waals surface area (Å²) in [7, 11) is -3.48. The van der Waals surface area contributed by atoms with Crippen molar-refractivity contribution in [1.29, 1.82) is 0 Å². The number of aromatic nitrogens is 2. The molecule has 8 nitrogen and oxygen atoms in total. The lowest BCUT2D eigenvalue weighted by molar-refractivity contribution is 0.299. The summed E-state index contributed by atoms with van der Waals surface area (Å²) in [5, 5.41) is 3.96. The normalized spacial score (nSPS) is 11.9. The summed E-state index contributed by atoms with van der Waals surface area (Å²) >= 11 is 0. The zero-order valence-corrected chi connectivity index (χ0v) is 16.2. The standard InChI is InChI=1S/C18H21N3O5S/c1-4-24-16-8-7-14(10-13(16)2)18-19-17(26-20-18)12-21(27(3,22)23)11-15-6-5-9-25-15/h5-10H,4,11-12H2,1-3H3. The van der Waals surface area contributed by atoms with E-state index < -0.39 is 10.0 Å². The molecular weight excluding hydrogens is 370 g/mol. The number of benzene rings is 1. The number of hydrogen-bond donors (Lipinski definition) is 0. The van der Waals surface area contributed by atoms with Crippen LogP contribution in [0.1, 0.15) is 24.1 Å². The average Bonchev–Trinajstić information content (AvgIpc) is 3.27. The molecule has 0 spiro atoms. The monoisotopic (exact) mass is 391 g/mol. The highest BCUT2D eigenvalue weighted by atomic mass is 32.2. The first-order valence-electron chi connectivity index (χ1n) is 8.40. The fourth-order valence-corrected chi connectivity index (χ4v) is 3.27. The smallest absolute Gasteiger partial charge is 0.242 e. The molecule has 0 amide bonds. The lowest BCUT2D eigenvalue weighted by Gasteiger charge is -2.16. The lowest BCUT2D eigenvalue weighted by atomic mass is 10.1. The van der Waals surface area contributed by atoms with Crippen molar-refractivity contribution in [2.75, 3.05) is 12.9 Å². The highest BCUT2D eigenvalue weighted by Crippen LogP contribution is 2.25. The van der Waals surface area contributed by atoms with Gasteiger partial charge >= 0.3 is 0 Å². The highest BCUT2D eigenvalue weighted by molar-refractivity contribution is 7.88. The van der Waals surface area contributed by atoms with Crippen LogP contribution in [0, 0.1) is 6.92 Å². The number of aryl methyl sites for hydroxylation is 1. The minimum absolute atomic E-state index is 0.0391. The van der Waals surface area contributed by atoms with Gasteiger partial charge in [0.2, 0.25) is 21.7 Å². The van der Waals surface area contributed by atoms with Gasteiger partial charge in [-0.25, -0.2) is 8.42 Å².